The van der Waals surface area contributed by atoms with Crippen LogP contribution < -0.4 is 10.1 Å². The molecule has 1 saturated heterocycles. The molecule has 1 N–H and O–H groups in total. The molecular weight excluding hydrogens is 410 g/mol. The molecule has 32 heavy (non-hydrogen) atoms. The normalized spacial score (nSPS) is 14.4. The summed E-state index contributed by atoms with van der Waals surface area (Å²) in [5, 5.41) is 13.5. The first kappa shape index (κ1) is 21.8. The Morgan fingerprint density at radius 2 is 1.91 bits per heavy atom. The minimum atomic E-state index is -0.482. The number of nitrogens with zero attached hydrogens (tertiary/aromatic N) is 4. The van der Waals surface area contributed by atoms with Gasteiger partial charge in [-0.15, -0.1) is 0 Å². The summed E-state index contributed by atoms with van der Waals surface area (Å²) >= 11 is 0. The van der Waals surface area contributed by atoms with Crippen molar-refractivity contribution in [3.05, 3.63) is 58.4 Å². The third-order valence-electron chi connectivity index (χ3n) is 5.66. The number of nitro groups is 1. The third kappa shape index (κ3) is 5.05. The summed E-state index contributed by atoms with van der Waals surface area (Å²) in [6.45, 7) is 5.83. The van der Waals surface area contributed by atoms with Gasteiger partial charge in [0.05, 0.1) is 22.5 Å². The van der Waals surface area contributed by atoms with Gasteiger partial charge in [0.25, 0.3) is 11.6 Å². The Bertz CT molecular complexity index is 1100. The highest BCUT2D eigenvalue weighted by molar-refractivity contribution is 5.94. The van der Waals surface area contributed by atoms with Crippen LogP contribution in [0.4, 0.5) is 11.4 Å². The molecular formula is C23H27N5O4. The Hall–Kier alpha value is -3.46. The maximum atomic E-state index is 12.3. The number of hydrogen-bond acceptors (Lipinski definition) is 6. The van der Waals surface area contributed by atoms with Gasteiger partial charge in [0, 0.05) is 24.4 Å². The van der Waals surface area contributed by atoms with Gasteiger partial charge in [-0.05, 0) is 63.2 Å². The molecule has 1 aliphatic rings. The van der Waals surface area contributed by atoms with Crippen LogP contribution in [0.2, 0.25) is 0 Å². The van der Waals surface area contributed by atoms with E-state index in [4.69, 9.17) is 9.72 Å². The van der Waals surface area contributed by atoms with Crippen molar-refractivity contribution >= 4 is 28.3 Å². The molecule has 1 amide bonds. The van der Waals surface area contributed by atoms with Gasteiger partial charge in [0.1, 0.15) is 11.6 Å². The van der Waals surface area contributed by atoms with Gasteiger partial charge in [-0.3, -0.25) is 19.8 Å². The summed E-state index contributed by atoms with van der Waals surface area (Å²) < 4.78 is 7.66. The summed E-state index contributed by atoms with van der Waals surface area (Å²) in [7, 11) is 0. The molecule has 0 aliphatic carbocycles. The average Bonchev–Trinajstić information content (AvgIpc) is 3.14. The number of anilines is 1. The Labute approximate surface area is 186 Å². The number of nitrogens with one attached hydrogen (secondary N) is 1. The van der Waals surface area contributed by atoms with Gasteiger partial charge >= 0.3 is 0 Å². The number of carbonyl (C=O) groups excluding carboxylic acids is 1. The summed E-state index contributed by atoms with van der Waals surface area (Å²) in [6, 6.07) is 11.4. The van der Waals surface area contributed by atoms with E-state index in [2.05, 4.69) is 21.7 Å². The first-order chi connectivity index (χ1) is 15.5. The second-order valence-corrected chi connectivity index (χ2v) is 7.90. The smallest absolute Gasteiger partial charge is 0.269 e. The van der Waals surface area contributed by atoms with Crippen LogP contribution >= 0.6 is 0 Å². The van der Waals surface area contributed by atoms with Crippen LogP contribution in [0.5, 0.6) is 5.75 Å². The van der Waals surface area contributed by atoms with Crippen molar-refractivity contribution < 1.29 is 14.5 Å². The van der Waals surface area contributed by atoms with E-state index < -0.39 is 4.92 Å². The zero-order valence-electron chi connectivity index (χ0n) is 18.1. The molecule has 1 fully saturated rings. The lowest BCUT2D eigenvalue weighted by molar-refractivity contribution is -0.384. The van der Waals surface area contributed by atoms with Gasteiger partial charge < -0.3 is 14.6 Å². The van der Waals surface area contributed by atoms with Crippen molar-refractivity contribution in [3.63, 3.8) is 0 Å². The second-order valence-electron chi connectivity index (χ2n) is 7.90. The van der Waals surface area contributed by atoms with E-state index in [0.717, 1.165) is 43.0 Å². The number of rotatable bonds is 8. The van der Waals surface area contributed by atoms with E-state index >= 15 is 0 Å². The van der Waals surface area contributed by atoms with Gasteiger partial charge in [-0.25, -0.2) is 4.98 Å². The number of aromatic nitrogens is 2. The highest BCUT2D eigenvalue weighted by atomic mass is 16.6. The highest BCUT2D eigenvalue weighted by Gasteiger charge is 2.16. The average molecular weight is 438 g/mol. The van der Waals surface area contributed by atoms with Gasteiger partial charge in [-0.2, -0.15) is 0 Å². The van der Waals surface area contributed by atoms with Crippen molar-refractivity contribution in [1.82, 2.24) is 14.5 Å². The zero-order valence-corrected chi connectivity index (χ0v) is 18.1. The zero-order chi connectivity index (χ0) is 22.5. The fraction of sp³-hybridized carbons (Fsp3) is 0.391. The lowest BCUT2D eigenvalue weighted by Gasteiger charge is -2.26. The number of piperidine rings is 1. The maximum absolute atomic E-state index is 12.3. The Kier molecular flexibility index (Phi) is 6.65. The van der Waals surface area contributed by atoms with Crippen LogP contribution in [0, 0.1) is 10.1 Å². The molecule has 0 atom stereocenters. The summed E-state index contributed by atoms with van der Waals surface area (Å²) in [5.41, 5.74) is 2.54. The number of aryl methyl sites for hydroxylation is 1. The second kappa shape index (κ2) is 9.78. The number of amides is 1. The predicted octanol–water partition coefficient (Wildman–Crippen LogP) is 3.97. The molecule has 0 spiro atoms. The van der Waals surface area contributed by atoms with Crippen molar-refractivity contribution in [1.29, 1.82) is 0 Å². The Morgan fingerprint density at radius 3 is 2.59 bits per heavy atom. The molecule has 4 rings (SSSR count). The van der Waals surface area contributed by atoms with Crippen LogP contribution in [0.3, 0.4) is 0 Å². The van der Waals surface area contributed by atoms with Gasteiger partial charge in [-0.1, -0.05) is 6.42 Å². The quantitative estimate of drug-likeness (QED) is 0.423. The number of carbonyl (C=O) groups is 1. The molecule has 2 heterocycles. The van der Waals surface area contributed by atoms with Crippen LogP contribution in [0.25, 0.3) is 11.0 Å². The lowest BCUT2D eigenvalue weighted by atomic mass is 10.1. The summed E-state index contributed by atoms with van der Waals surface area (Å²) in [4.78, 5) is 29.8. The monoisotopic (exact) mass is 437 g/mol. The van der Waals surface area contributed by atoms with E-state index in [1.54, 1.807) is 0 Å². The predicted molar refractivity (Wildman–Crippen MR) is 122 cm³/mol. The molecule has 9 heteroatoms. The molecule has 1 aliphatic heterocycles. The number of nitro benzene ring substituents is 1. The SMILES string of the molecule is CCn1c(CN2CCCCC2)nc2cc(NC(=O)COc3ccc([N+](=O)[O-])cc3)ccc21. The van der Waals surface area contributed by atoms with E-state index in [1.807, 2.05) is 18.2 Å². The fourth-order valence-electron chi connectivity index (χ4n) is 4.06. The molecule has 2 aromatic carbocycles. The van der Waals surface area contributed by atoms with Gasteiger partial charge in [0.2, 0.25) is 0 Å². The molecule has 9 nitrogen and oxygen atoms in total. The molecule has 168 valence electrons. The summed E-state index contributed by atoms with van der Waals surface area (Å²) in [6.07, 6.45) is 3.78. The molecule has 3 aromatic rings. The number of benzene rings is 2. The Morgan fingerprint density at radius 1 is 1.16 bits per heavy atom. The first-order valence-electron chi connectivity index (χ1n) is 10.9. The van der Waals surface area contributed by atoms with Crippen LogP contribution in [0.1, 0.15) is 32.0 Å². The minimum absolute atomic E-state index is 0.0266. The van der Waals surface area contributed by atoms with Gasteiger partial charge in [0.15, 0.2) is 6.61 Å². The van der Waals surface area contributed by atoms with Crippen LogP contribution in [0.15, 0.2) is 42.5 Å². The van der Waals surface area contributed by atoms with Crippen molar-refractivity contribution in [2.75, 3.05) is 25.0 Å². The number of ether oxygens (including phenoxy) is 1. The van der Waals surface area contributed by atoms with Crippen LogP contribution in [-0.4, -0.2) is 45.0 Å². The largest absolute Gasteiger partial charge is 0.484 e. The fourth-order valence-corrected chi connectivity index (χ4v) is 4.06. The van der Waals surface area contributed by atoms with E-state index in [0.29, 0.717) is 11.4 Å². The van der Waals surface area contributed by atoms with E-state index in [1.165, 1.54) is 43.5 Å². The highest BCUT2D eigenvalue weighted by Crippen LogP contribution is 2.23. The van der Waals surface area contributed by atoms with E-state index in [9.17, 15) is 14.9 Å². The number of non-ortho nitro benzene ring substituents is 1. The maximum Gasteiger partial charge on any atom is 0.269 e. The third-order valence-corrected chi connectivity index (χ3v) is 5.66. The standard InChI is InChI=1S/C23H27N5O4/c1-2-27-21-11-6-17(14-20(21)25-22(27)15-26-12-4-3-5-13-26)24-23(29)16-32-19-9-7-18(8-10-19)28(30)31/h6-11,14H,2-5,12-13,15-16H2,1H3,(H,24,29). The number of hydrogen-bond donors (Lipinski definition) is 1. The number of likely N-dealkylation sites (tertiary alicyclic amines) is 1. The lowest BCUT2D eigenvalue weighted by Crippen LogP contribution is -2.30. The molecule has 0 radical (unpaired) electrons. The van der Waals surface area contributed by atoms with Crippen molar-refractivity contribution in [3.8, 4) is 5.75 Å². The molecule has 0 bridgehead atoms. The molecule has 0 unspecified atom stereocenters. The van der Waals surface area contributed by atoms with E-state index in [-0.39, 0.29) is 18.2 Å². The van der Waals surface area contributed by atoms with Crippen molar-refractivity contribution in [2.24, 2.45) is 0 Å². The number of imidazole rings is 1. The van der Waals surface area contributed by atoms with Crippen molar-refractivity contribution in [2.45, 2.75) is 39.3 Å². The molecule has 1 aromatic heterocycles. The first-order valence-corrected chi connectivity index (χ1v) is 10.9. The summed E-state index contributed by atoms with van der Waals surface area (Å²) in [5.74, 6) is 1.13. The minimum Gasteiger partial charge on any atom is -0.484 e. The molecule has 0 saturated carbocycles. The topological polar surface area (TPSA) is 103 Å². The Balaban J connectivity index is 1.40. The van der Waals surface area contributed by atoms with Crippen LogP contribution in [-0.2, 0) is 17.9 Å². The number of fused-ring (bicyclic) bond motifs is 1.